The first kappa shape index (κ1) is 10.4. The maximum absolute atomic E-state index is 9.10. The van der Waals surface area contributed by atoms with E-state index >= 15 is 0 Å². The number of hydrogen-bond donors (Lipinski definition) is 2. The monoisotopic (exact) mass is 138 g/mol. The maximum atomic E-state index is 9.10. The Kier molecular flexibility index (Phi) is 8.26. The highest BCUT2D eigenvalue weighted by Crippen LogP contribution is 1.56. The lowest BCUT2D eigenvalue weighted by Crippen LogP contribution is -2.09. The zero-order valence-corrected chi connectivity index (χ0v) is 5.44. The summed E-state index contributed by atoms with van der Waals surface area (Å²) in [4.78, 5) is 18.2. The Bertz CT molecular complexity index is 77.3. The molecule has 1 atom stereocenters. The molecule has 0 spiro atoms. The first-order valence-corrected chi connectivity index (χ1v) is 2.84. The Hall–Kier alpha value is -0.630. The van der Waals surface area contributed by atoms with Crippen molar-refractivity contribution in [2.24, 2.45) is 0 Å². The summed E-state index contributed by atoms with van der Waals surface area (Å²) in [6.07, 6.45) is 0. The third-order valence-corrected chi connectivity index (χ3v) is 0.183. The Morgan fingerprint density at radius 2 is 1.25 bits per heavy atom. The SMILES string of the molecule is CP.O=C(O)C(=O)O. The van der Waals surface area contributed by atoms with Crippen molar-refractivity contribution >= 4 is 21.2 Å². The van der Waals surface area contributed by atoms with Crippen LogP contribution in [0.15, 0.2) is 0 Å². The van der Waals surface area contributed by atoms with E-state index in [1.165, 1.54) is 0 Å². The molecule has 0 radical (unpaired) electrons. The van der Waals surface area contributed by atoms with Crippen LogP contribution < -0.4 is 0 Å². The minimum absolute atomic E-state index is 1.82. The number of rotatable bonds is 0. The number of carbonyl (C=O) groups is 2. The van der Waals surface area contributed by atoms with Gasteiger partial charge in [0, 0.05) is 0 Å². The molecule has 5 heteroatoms. The smallest absolute Gasteiger partial charge is 0.414 e. The van der Waals surface area contributed by atoms with Gasteiger partial charge in [-0.25, -0.2) is 9.59 Å². The van der Waals surface area contributed by atoms with Crippen molar-refractivity contribution in [1.82, 2.24) is 0 Å². The van der Waals surface area contributed by atoms with Crippen LogP contribution in [0.2, 0.25) is 0 Å². The van der Waals surface area contributed by atoms with Gasteiger partial charge < -0.3 is 10.2 Å². The predicted molar refractivity (Wildman–Crippen MR) is 30.9 cm³/mol. The van der Waals surface area contributed by atoms with Crippen LogP contribution in [0.1, 0.15) is 0 Å². The van der Waals surface area contributed by atoms with E-state index in [0.717, 1.165) is 0 Å². The highest BCUT2D eigenvalue weighted by Gasteiger charge is 2.04. The van der Waals surface area contributed by atoms with Gasteiger partial charge in [-0.15, -0.1) is 9.24 Å². The van der Waals surface area contributed by atoms with E-state index in [4.69, 9.17) is 19.8 Å². The topological polar surface area (TPSA) is 74.6 Å². The molecule has 0 saturated heterocycles. The molecule has 0 aromatic carbocycles. The van der Waals surface area contributed by atoms with Crippen molar-refractivity contribution in [2.75, 3.05) is 6.66 Å². The molecule has 0 aliphatic heterocycles. The van der Waals surface area contributed by atoms with Gasteiger partial charge in [0.05, 0.1) is 0 Å². The van der Waals surface area contributed by atoms with Gasteiger partial charge >= 0.3 is 11.9 Å². The molecular weight excluding hydrogens is 131 g/mol. The Morgan fingerprint density at radius 3 is 1.25 bits per heavy atom. The lowest BCUT2D eigenvalue weighted by molar-refractivity contribution is -0.159. The van der Waals surface area contributed by atoms with Crippen LogP contribution in [0.3, 0.4) is 0 Å². The van der Waals surface area contributed by atoms with E-state index in [-0.39, 0.29) is 0 Å². The minimum Gasteiger partial charge on any atom is -0.473 e. The normalized spacial score (nSPS) is 6.25. The highest BCUT2D eigenvalue weighted by atomic mass is 31.0. The average molecular weight is 138 g/mol. The van der Waals surface area contributed by atoms with E-state index in [9.17, 15) is 0 Å². The summed E-state index contributed by atoms with van der Waals surface area (Å²) in [7, 11) is 2.42. The lowest BCUT2D eigenvalue weighted by Gasteiger charge is -1.72. The predicted octanol–water partition coefficient (Wildman–Crippen LogP) is -0.353. The minimum atomic E-state index is -1.82. The second kappa shape index (κ2) is 6.37. The fourth-order valence-corrected chi connectivity index (χ4v) is 0. The molecule has 0 bridgehead atoms. The number of aliphatic carboxylic acids is 2. The van der Waals surface area contributed by atoms with Crippen molar-refractivity contribution in [2.45, 2.75) is 0 Å². The van der Waals surface area contributed by atoms with E-state index in [1.54, 1.807) is 0 Å². The number of carboxylic acids is 2. The maximum Gasteiger partial charge on any atom is 0.414 e. The Balaban J connectivity index is 0. The third kappa shape index (κ3) is 9.03. The van der Waals surface area contributed by atoms with Crippen LogP contribution in [-0.4, -0.2) is 28.8 Å². The lowest BCUT2D eigenvalue weighted by atomic mass is 10.7. The quantitative estimate of drug-likeness (QED) is 0.354. The Labute approximate surface area is 48.7 Å². The number of hydrogen-bond acceptors (Lipinski definition) is 2. The van der Waals surface area contributed by atoms with Gasteiger partial charge in [-0.1, -0.05) is 6.66 Å². The summed E-state index contributed by atoms with van der Waals surface area (Å²) >= 11 is 0. The summed E-state index contributed by atoms with van der Waals surface area (Å²) in [6.45, 7) is 1.92. The molecule has 0 aromatic heterocycles. The number of carboxylic acid groups (broad SMARTS) is 2. The summed E-state index contributed by atoms with van der Waals surface area (Å²) in [6, 6.07) is 0. The van der Waals surface area contributed by atoms with Crippen molar-refractivity contribution in [3.63, 3.8) is 0 Å². The second-order valence-electron chi connectivity index (χ2n) is 0.610. The van der Waals surface area contributed by atoms with Crippen LogP contribution >= 0.6 is 9.24 Å². The van der Waals surface area contributed by atoms with Crippen LogP contribution in [-0.2, 0) is 9.59 Å². The molecule has 0 fully saturated rings. The molecule has 2 N–H and O–H groups in total. The largest absolute Gasteiger partial charge is 0.473 e. The second-order valence-corrected chi connectivity index (χ2v) is 0.610. The third-order valence-electron chi connectivity index (χ3n) is 0.183. The fraction of sp³-hybridized carbons (Fsp3) is 0.333. The average Bonchev–Trinajstić information content (AvgIpc) is 1.72. The van der Waals surface area contributed by atoms with Crippen LogP contribution in [0, 0.1) is 0 Å². The zero-order chi connectivity index (χ0) is 7.15. The molecule has 0 aliphatic rings. The van der Waals surface area contributed by atoms with Crippen LogP contribution in [0.25, 0.3) is 0 Å². The van der Waals surface area contributed by atoms with E-state index in [1.807, 2.05) is 6.66 Å². The molecule has 0 amide bonds. The molecule has 8 heavy (non-hydrogen) atoms. The van der Waals surface area contributed by atoms with Crippen molar-refractivity contribution in [3.8, 4) is 0 Å². The molecule has 48 valence electrons. The van der Waals surface area contributed by atoms with Gasteiger partial charge in [0.25, 0.3) is 0 Å². The first-order chi connectivity index (χ1) is 3.64. The summed E-state index contributed by atoms with van der Waals surface area (Å²) in [5, 5.41) is 14.8. The van der Waals surface area contributed by atoms with Gasteiger partial charge in [0.1, 0.15) is 0 Å². The molecule has 0 aliphatic carbocycles. The fourth-order valence-electron chi connectivity index (χ4n) is 0. The standard InChI is InChI=1S/C2H2O4.CH5P/c3-1(4)2(5)6;1-2/h(H,3,4)(H,5,6);2H2,1H3. The molecule has 1 unspecified atom stereocenters. The van der Waals surface area contributed by atoms with Crippen molar-refractivity contribution in [1.29, 1.82) is 0 Å². The van der Waals surface area contributed by atoms with Crippen molar-refractivity contribution < 1.29 is 19.8 Å². The molecule has 0 aromatic rings. The molecule has 0 rings (SSSR count). The van der Waals surface area contributed by atoms with E-state index < -0.39 is 11.9 Å². The van der Waals surface area contributed by atoms with Crippen LogP contribution in [0.5, 0.6) is 0 Å². The first-order valence-electron chi connectivity index (χ1n) is 1.68. The highest BCUT2D eigenvalue weighted by molar-refractivity contribution is 7.15. The van der Waals surface area contributed by atoms with Gasteiger partial charge in [0.15, 0.2) is 0 Å². The zero-order valence-electron chi connectivity index (χ0n) is 4.29. The van der Waals surface area contributed by atoms with E-state index in [2.05, 4.69) is 9.24 Å². The summed E-state index contributed by atoms with van der Waals surface area (Å²) in [5.41, 5.74) is 0. The van der Waals surface area contributed by atoms with Crippen LogP contribution in [0.4, 0.5) is 0 Å². The van der Waals surface area contributed by atoms with Gasteiger partial charge in [-0.3, -0.25) is 0 Å². The van der Waals surface area contributed by atoms with Gasteiger partial charge in [-0.2, -0.15) is 0 Å². The molecular formula is C3H7O4P. The Morgan fingerprint density at radius 1 is 1.12 bits per heavy atom. The van der Waals surface area contributed by atoms with Gasteiger partial charge in [0.2, 0.25) is 0 Å². The van der Waals surface area contributed by atoms with Gasteiger partial charge in [-0.05, 0) is 0 Å². The molecule has 0 heterocycles. The van der Waals surface area contributed by atoms with E-state index in [0.29, 0.717) is 0 Å². The summed E-state index contributed by atoms with van der Waals surface area (Å²) < 4.78 is 0. The molecule has 4 nitrogen and oxygen atoms in total. The summed E-state index contributed by atoms with van der Waals surface area (Å²) in [5.74, 6) is -3.65. The molecule has 0 saturated carbocycles. The van der Waals surface area contributed by atoms with Crippen molar-refractivity contribution in [3.05, 3.63) is 0 Å².